The van der Waals surface area contributed by atoms with Crippen LogP contribution in [0.25, 0.3) is 0 Å². The summed E-state index contributed by atoms with van der Waals surface area (Å²) in [5.74, 6) is -1.41. The number of carbonyl (C=O) groups excluding carboxylic acids is 2. The van der Waals surface area contributed by atoms with Gasteiger partial charge in [-0.25, -0.2) is 9.59 Å². The van der Waals surface area contributed by atoms with E-state index < -0.39 is 23.4 Å². The lowest BCUT2D eigenvalue weighted by Crippen LogP contribution is -2.54. The summed E-state index contributed by atoms with van der Waals surface area (Å²) < 4.78 is 0. The zero-order valence-corrected chi connectivity index (χ0v) is 10.4. The normalized spacial score (nSPS) is 22.8. The van der Waals surface area contributed by atoms with Gasteiger partial charge in [0.15, 0.2) is 0 Å². The van der Waals surface area contributed by atoms with Gasteiger partial charge in [0.25, 0.3) is 0 Å². The maximum Gasteiger partial charge on any atom is 0.329 e. The lowest BCUT2D eigenvalue weighted by Gasteiger charge is -2.31. The molecule has 0 aromatic carbocycles. The number of likely N-dealkylation sites (tertiary alicyclic amines) is 1. The third-order valence-corrected chi connectivity index (χ3v) is 3.22. The zero-order chi connectivity index (χ0) is 13.8. The molecule has 0 saturated carbocycles. The van der Waals surface area contributed by atoms with Gasteiger partial charge in [-0.2, -0.15) is 0 Å². The Bertz CT molecular complexity index is 358. The number of amides is 3. The highest BCUT2D eigenvalue weighted by Crippen LogP contribution is 2.29. The van der Waals surface area contributed by atoms with Crippen LogP contribution in [0.1, 0.15) is 32.6 Å². The zero-order valence-electron chi connectivity index (χ0n) is 10.4. The minimum atomic E-state index is -1.13. The average molecular weight is 257 g/mol. The molecule has 0 aromatic heterocycles. The summed E-state index contributed by atoms with van der Waals surface area (Å²) in [4.78, 5) is 34.9. The number of nitrogens with zero attached hydrogens (tertiary/aromatic N) is 1. The summed E-state index contributed by atoms with van der Waals surface area (Å²) in [6.07, 6.45) is 1.80. The highest BCUT2D eigenvalue weighted by molar-refractivity contribution is 5.86. The molecule has 1 atom stereocenters. The summed E-state index contributed by atoms with van der Waals surface area (Å²) in [5, 5.41) is 11.8. The van der Waals surface area contributed by atoms with Crippen molar-refractivity contribution in [1.82, 2.24) is 10.2 Å². The van der Waals surface area contributed by atoms with Crippen molar-refractivity contribution in [2.24, 2.45) is 5.73 Å². The molecule has 3 amide bonds. The van der Waals surface area contributed by atoms with E-state index in [1.807, 2.05) is 0 Å². The van der Waals surface area contributed by atoms with Gasteiger partial charge < -0.3 is 21.1 Å². The summed E-state index contributed by atoms with van der Waals surface area (Å²) in [7, 11) is 0. The van der Waals surface area contributed by atoms with E-state index in [1.54, 1.807) is 6.92 Å². The number of nitrogens with two attached hydrogens (primary N) is 1. The van der Waals surface area contributed by atoms with E-state index in [-0.39, 0.29) is 6.42 Å². The number of urea groups is 1. The molecule has 1 aliphatic heterocycles. The van der Waals surface area contributed by atoms with Crippen LogP contribution >= 0.6 is 0 Å². The van der Waals surface area contributed by atoms with Gasteiger partial charge in [-0.05, 0) is 26.2 Å². The van der Waals surface area contributed by atoms with Crippen LogP contribution in [-0.4, -0.2) is 46.5 Å². The van der Waals surface area contributed by atoms with Crippen molar-refractivity contribution in [3.63, 3.8) is 0 Å². The minimum Gasteiger partial charge on any atom is -0.480 e. The van der Waals surface area contributed by atoms with Gasteiger partial charge in [0.2, 0.25) is 5.91 Å². The molecule has 1 fully saturated rings. The highest BCUT2D eigenvalue weighted by Gasteiger charge is 2.45. The molecule has 18 heavy (non-hydrogen) atoms. The molecule has 1 unspecified atom stereocenters. The topological polar surface area (TPSA) is 113 Å². The van der Waals surface area contributed by atoms with Crippen LogP contribution in [0.4, 0.5) is 4.79 Å². The molecule has 7 heteroatoms. The van der Waals surface area contributed by atoms with Gasteiger partial charge >= 0.3 is 12.0 Å². The van der Waals surface area contributed by atoms with Crippen molar-refractivity contribution in [3.8, 4) is 0 Å². The van der Waals surface area contributed by atoms with Crippen molar-refractivity contribution in [2.45, 2.75) is 38.1 Å². The van der Waals surface area contributed by atoms with Crippen molar-refractivity contribution < 1.29 is 19.5 Å². The van der Waals surface area contributed by atoms with E-state index >= 15 is 0 Å². The summed E-state index contributed by atoms with van der Waals surface area (Å²) in [5.41, 5.74) is 3.84. The number of aliphatic carboxylic acids is 1. The molecular formula is C11H19N3O4. The van der Waals surface area contributed by atoms with Gasteiger partial charge in [0, 0.05) is 19.5 Å². The molecule has 0 radical (unpaired) electrons. The quantitative estimate of drug-likeness (QED) is 0.597. The Labute approximate surface area is 105 Å². The van der Waals surface area contributed by atoms with Crippen LogP contribution < -0.4 is 11.1 Å². The predicted octanol–water partition coefficient (Wildman–Crippen LogP) is -0.0994. The molecule has 7 nitrogen and oxygen atoms in total. The van der Waals surface area contributed by atoms with Crippen molar-refractivity contribution in [1.29, 1.82) is 0 Å². The molecule has 1 aliphatic rings. The van der Waals surface area contributed by atoms with Crippen molar-refractivity contribution in [2.75, 3.05) is 13.1 Å². The Hall–Kier alpha value is -1.79. The molecule has 1 saturated heterocycles. The lowest BCUT2D eigenvalue weighted by atomic mass is 10.00. The van der Waals surface area contributed by atoms with E-state index in [9.17, 15) is 14.4 Å². The molecule has 102 valence electrons. The third-order valence-electron chi connectivity index (χ3n) is 3.22. The monoisotopic (exact) mass is 257 g/mol. The van der Waals surface area contributed by atoms with Crippen LogP contribution in [-0.2, 0) is 9.59 Å². The van der Waals surface area contributed by atoms with Crippen LogP contribution in [0.5, 0.6) is 0 Å². The second kappa shape index (κ2) is 5.70. The fraction of sp³-hybridized carbons (Fsp3) is 0.727. The molecule has 4 N–H and O–H groups in total. The summed E-state index contributed by atoms with van der Waals surface area (Å²) >= 11 is 0. The fourth-order valence-corrected chi connectivity index (χ4v) is 2.06. The number of nitrogens with one attached hydrogen (secondary N) is 1. The Kier molecular flexibility index (Phi) is 4.52. The SMILES string of the molecule is CC1(C(=O)O)CCCN1C(=O)NCCCC(N)=O. The molecule has 0 aliphatic carbocycles. The smallest absolute Gasteiger partial charge is 0.329 e. The number of carbonyl (C=O) groups is 3. The number of hydrogen-bond donors (Lipinski definition) is 3. The third kappa shape index (κ3) is 3.12. The average Bonchev–Trinajstić information content (AvgIpc) is 2.67. The van der Waals surface area contributed by atoms with Gasteiger partial charge in [0.1, 0.15) is 5.54 Å². The number of carboxylic acid groups (broad SMARTS) is 1. The first-order valence-corrected chi connectivity index (χ1v) is 5.95. The molecule has 0 bridgehead atoms. The van der Waals surface area contributed by atoms with Gasteiger partial charge in [-0.15, -0.1) is 0 Å². The lowest BCUT2D eigenvalue weighted by molar-refractivity contribution is -0.147. The van der Waals surface area contributed by atoms with Gasteiger partial charge in [0.05, 0.1) is 0 Å². The first-order chi connectivity index (χ1) is 8.38. The highest BCUT2D eigenvalue weighted by atomic mass is 16.4. The molecule has 0 spiro atoms. The molecule has 0 aromatic rings. The van der Waals surface area contributed by atoms with Gasteiger partial charge in [-0.1, -0.05) is 0 Å². The fourth-order valence-electron chi connectivity index (χ4n) is 2.06. The molecular weight excluding hydrogens is 238 g/mol. The minimum absolute atomic E-state index is 0.205. The van der Waals surface area contributed by atoms with E-state index in [1.165, 1.54) is 4.90 Å². The predicted molar refractivity (Wildman–Crippen MR) is 63.8 cm³/mol. The van der Waals surface area contributed by atoms with E-state index in [4.69, 9.17) is 10.8 Å². The number of hydrogen-bond acceptors (Lipinski definition) is 3. The number of primary amides is 1. The Balaban J connectivity index is 2.46. The van der Waals surface area contributed by atoms with E-state index in [2.05, 4.69) is 5.32 Å². The molecule has 1 rings (SSSR count). The van der Waals surface area contributed by atoms with Gasteiger partial charge in [-0.3, -0.25) is 4.79 Å². The first kappa shape index (κ1) is 14.3. The second-order valence-electron chi connectivity index (χ2n) is 4.64. The Morgan fingerprint density at radius 2 is 2.11 bits per heavy atom. The standard InChI is InChI=1S/C11H19N3O4/c1-11(9(16)17)5-3-7-14(11)10(18)13-6-2-4-8(12)15/h2-7H2,1H3,(H2,12,15)(H,13,18)(H,16,17). The van der Waals surface area contributed by atoms with Crippen LogP contribution in [0.15, 0.2) is 0 Å². The second-order valence-corrected chi connectivity index (χ2v) is 4.64. The van der Waals surface area contributed by atoms with E-state index in [0.29, 0.717) is 32.4 Å². The van der Waals surface area contributed by atoms with Crippen molar-refractivity contribution in [3.05, 3.63) is 0 Å². The Morgan fingerprint density at radius 3 is 2.67 bits per heavy atom. The van der Waals surface area contributed by atoms with E-state index in [0.717, 1.165) is 0 Å². The number of rotatable bonds is 5. The number of carboxylic acids is 1. The van der Waals surface area contributed by atoms with Crippen molar-refractivity contribution >= 4 is 17.9 Å². The van der Waals surface area contributed by atoms with Crippen LogP contribution in [0.2, 0.25) is 0 Å². The maximum atomic E-state index is 11.8. The maximum absolute atomic E-state index is 11.8. The van der Waals surface area contributed by atoms with Crippen LogP contribution in [0.3, 0.4) is 0 Å². The molecule has 1 heterocycles. The Morgan fingerprint density at radius 1 is 1.44 bits per heavy atom. The largest absolute Gasteiger partial charge is 0.480 e. The van der Waals surface area contributed by atoms with Crippen LogP contribution in [0, 0.1) is 0 Å². The summed E-state index contributed by atoms with van der Waals surface area (Å²) in [6, 6.07) is -0.401. The summed E-state index contributed by atoms with van der Waals surface area (Å²) in [6.45, 7) is 2.30. The first-order valence-electron chi connectivity index (χ1n) is 5.95.